The molecule has 3 aromatic heterocycles. The molecule has 186 valence electrons. The van der Waals surface area contributed by atoms with E-state index in [1.807, 2.05) is 13.8 Å². The number of aryl methyl sites for hydroxylation is 8. The van der Waals surface area contributed by atoms with E-state index in [-0.39, 0.29) is 0 Å². The van der Waals surface area contributed by atoms with Crippen molar-refractivity contribution in [1.29, 1.82) is 0 Å². The summed E-state index contributed by atoms with van der Waals surface area (Å²) in [5.41, 5.74) is 16.2. The number of nitrogens with zero attached hydrogens (tertiary/aromatic N) is 6. The molecule has 0 saturated carbocycles. The van der Waals surface area contributed by atoms with E-state index in [2.05, 4.69) is 78.4 Å². The van der Waals surface area contributed by atoms with Gasteiger partial charge >= 0.3 is 0 Å². The predicted molar refractivity (Wildman–Crippen MR) is 148 cm³/mol. The van der Waals surface area contributed by atoms with Gasteiger partial charge in [-0.15, -0.1) is 0 Å². The van der Waals surface area contributed by atoms with E-state index in [1.54, 1.807) is 0 Å². The van der Waals surface area contributed by atoms with E-state index in [9.17, 15) is 0 Å². The summed E-state index contributed by atoms with van der Waals surface area (Å²) < 4.78 is 4.37. The van der Waals surface area contributed by atoms with Crippen LogP contribution in [0.3, 0.4) is 0 Å². The Labute approximate surface area is 213 Å². The quantitative estimate of drug-likeness (QED) is 0.277. The van der Waals surface area contributed by atoms with Crippen molar-refractivity contribution >= 4 is 22.1 Å². The van der Waals surface area contributed by atoms with Crippen LogP contribution in [0.2, 0.25) is 0 Å². The molecule has 6 heteroatoms. The van der Waals surface area contributed by atoms with Gasteiger partial charge in [-0.25, -0.2) is 19.9 Å². The molecule has 0 amide bonds. The topological polar surface area (TPSA) is 61.4 Å². The maximum absolute atomic E-state index is 5.16. The first-order valence-electron chi connectivity index (χ1n) is 12.6. The molecule has 0 atom stereocenters. The number of hydrogen-bond donors (Lipinski definition) is 0. The van der Waals surface area contributed by atoms with Gasteiger partial charge < -0.3 is 0 Å². The molecule has 3 heterocycles. The lowest BCUT2D eigenvalue weighted by Gasteiger charge is -2.18. The summed E-state index contributed by atoms with van der Waals surface area (Å²) in [6, 6.07) is 0. The molecular weight excluding hydrogens is 444 g/mol. The molecule has 0 aliphatic rings. The van der Waals surface area contributed by atoms with Gasteiger partial charge in [-0.3, -0.25) is 9.13 Å². The summed E-state index contributed by atoms with van der Waals surface area (Å²) in [5, 5.41) is 0. The predicted octanol–water partition coefficient (Wildman–Crippen LogP) is 6.86. The van der Waals surface area contributed by atoms with E-state index < -0.39 is 0 Å². The van der Waals surface area contributed by atoms with Gasteiger partial charge in [0.25, 0.3) is 0 Å². The zero-order chi connectivity index (χ0) is 26.4. The molecule has 0 bridgehead atoms. The maximum atomic E-state index is 5.16. The first-order chi connectivity index (χ1) is 16.9. The third-order valence-corrected chi connectivity index (χ3v) is 8.50. The first-order valence-corrected chi connectivity index (χ1v) is 12.6. The molecule has 0 aliphatic carbocycles. The molecule has 2 aromatic carbocycles. The van der Waals surface area contributed by atoms with Crippen LogP contribution < -0.4 is 0 Å². The smallest absolute Gasteiger partial charge is 0.160 e. The van der Waals surface area contributed by atoms with Crippen molar-refractivity contribution in [2.24, 2.45) is 0 Å². The van der Waals surface area contributed by atoms with Crippen LogP contribution in [-0.4, -0.2) is 29.1 Å². The van der Waals surface area contributed by atoms with Crippen molar-refractivity contribution in [2.75, 3.05) is 0 Å². The molecule has 0 N–H and O–H groups in total. The second-order valence-corrected chi connectivity index (χ2v) is 10.4. The molecule has 0 aliphatic heterocycles. The van der Waals surface area contributed by atoms with Gasteiger partial charge in [-0.1, -0.05) is 0 Å². The Balaban J connectivity index is 1.82. The summed E-state index contributed by atoms with van der Waals surface area (Å²) in [7, 11) is 0. The minimum atomic E-state index is 0.837. The number of aromatic nitrogens is 6. The number of hydrogen-bond acceptors (Lipinski definition) is 4. The molecular formula is C30H36N6. The highest BCUT2D eigenvalue weighted by Crippen LogP contribution is 2.34. The average molecular weight is 481 g/mol. The highest BCUT2D eigenvalue weighted by Gasteiger charge is 2.23. The van der Waals surface area contributed by atoms with Crippen LogP contribution in [0.5, 0.6) is 0 Å². The third kappa shape index (κ3) is 3.09. The maximum Gasteiger partial charge on any atom is 0.160 e. The van der Waals surface area contributed by atoms with E-state index in [0.29, 0.717) is 0 Å². The Hall–Kier alpha value is -3.54. The average Bonchev–Trinajstić information content (AvgIpc) is 3.37. The molecule has 5 rings (SSSR count). The van der Waals surface area contributed by atoms with Crippen molar-refractivity contribution in [3.63, 3.8) is 0 Å². The molecule has 0 spiro atoms. The van der Waals surface area contributed by atoms with Crippen LogP contribution in [0.25, 0.3) is 33.7 Å². The van der Waals surface area contributed by atoms with Crippen molar-refractivity contribution in [3.05, 3.63) is 67.5 Å². The van der Waals surface area contributed by atoms with Gasteiger partial charge in [0.05, 0.1) is 33.5 Å². The Morgan fingerprint density at radius 1 is 0.361 bits per heavy atom. The number of imidazole rings is 2. The monoisotopic (exact) mass is 480 g/mol. The van der Waals surface area contributed by atoms with E-state index in [1.165, 1.54) is 44.5 Å². The van der Waals surface area contributed by atoms with Gasteiger partial charge in [0.15, 0.2) is 11.6 Å². The minimum Gasteiger partial charge on any atom is -0.279 e. The van der Waals surface area contributed by atoms with Crippen molar-refractivity contribution in [3.8, 4) is 11.6 Å². The van der Waals surface area contributed by atoms with Crippen molar-refractivity contribution < 1.29 is 0 Å². The molecule has 5 aromatic rings. The summed E-state index contributed by atoms with van der Waals surface area (Å²) in [5.74, 6) is 3.52. The van der Waals surface area contributed by atoms with Crippen molar-refractivity contribution in [1.82, 2.24) is 29.1 Å². The van der Waals surface area contributed by atoms with Crippen LogP contribution >= 0.6 is 0 Å². The van der Waals surface area contributed by atoms with E-state index >= 15 is 0 Å². The second kappa shape index (κ2) is 7.99. The number of fused-ring (bicyclic) bond motifs is 2. The highest BCUT2D eigenvalue weighted by atomic mass is 15.2. The zero-order valence-corrected chi connectivity index (χ0v) is 23.7. The molecule has 0 unspecified atom stereocenters. The lowest BCUT2D eigenvalue weighted by Crippen LogP contribution is -2.12. The number of rotatable bonds is 2. The van der Waals surface area contributed by atoms with Gasteiger partial charge in [-0.2, -0.15) is 0 Å². The summed E-state index contributed by atoms with van der Waals surface area (Å²) in [6.45, 7) is 25.6. The fourth-order valence-corrected chi connectivity index (χ4v) is 5.64. The second-order valence-electron chi connectivity index (χ2n) is 10.4. The fraction of sp³-hybridized carbons (Fsp3) is 0.400. The van der Waals surface area contributed by atoms with Gasteiger partial charge in [0.1, 0.15) is 11.6 Å². The van der Waals surface area contributed by atoms with Crippen LogP contribution in [0, 0.1) is 83.1 Å². The van der Waals surface area contributed by atoms with Crippen LogP contribution in [0.15, 0.2) is 0 Å². The van der Waals surface area contributed by atoms with Crippen LogP contribution in [0.4, 0.5) is 0 Å². The lowest BCUT2D eigenvalue weighted by molar-refractivity contribution is 0.856. The minimum absolute atomic E-state index is 0.837. The molecule has 36 heavy (non-hydrogen) atoms. The SMILES string of the molecule is Cc1nc(-n2c(C)nc3c(C)c(C)c(C)c(C)c32)c(C)nc1-n1c(C)nc2c(C)c(C)c(C)c(C)c21. The highest BCUT2D eigenvalue weighted by molar-refractivity contribution is 5.88. The lowest BCUT2D eigenvalue weighted by atomic mass is 9.97. The van der Waals surface area contributed by atoms with Crippen molar-refractivity contribution in [2.45, 2.75) is 83.1 Å². The van der Waals surface area contributed by atoms with Crippen LogP contribution in [-0.2, 0) is 0 Å². The standard InChI is InChI=1S/C30H36N6/c1-13-15(3)19(7)27-25(17(13)5)33-23(11)35(27)29-21(9)32-30(22(10)31-29)36-24(12)34-26-18(6)14(2)16(4)20(8)28(26)36/h1-12H3. The molecule has 6 nitrogen and oxygen atoms in total. The summed E-state index contributed by atoms with van der Waals surface area (Å²) in [4.78, 5) is 20.3. The zero-order valence-electron chi connectivity index (χ0n) is 23.7. The van der Waals surface area contributed by atoms with Gasteiger partial charge in [0, 0.05) is 0 Å². The van der Waals surface area contributed by atoms with Gasteiger partial charge in [-0.05, 0) is 128 Å². The van der Waals surface area contributed by atoms with E-state index in [0.717, 1.165) is 56.7 Å². The Morgan fingerprint density at radius 3 is 1.00 bits per heavy atom. The Bertz CT molecular complexity index is 1620. The first kappa shape index (κ1) is 24.2. The normalized spacial score (nSPS) is 11.9. The Morgan fingerprint density at radius 2 is 0.667 bits per heavy atom. The number of benzene rings is 2. The van der Waals surface area contributed by atoms with Crippen LogP contribution in [0.1, 0.15) is 67.5 Å². The molecule has 0 saturated heterocycles. The molecule has 0 radical (unpaired) electrons. The van der Waals surface area contributed by atoms with Gasteiger partial charge in [0.2, 0.25) is 0 Å². The largest absolute Gasteiger partial charge is 0.279 e. The fourth-order valence-electron chi connectivity index (χ4n) is 5.64. The molecule has 0 fully saturated rings. The summed E-state index contributed by atoms with van der Waals surface area (Å²) >= 11 is 0. The summed E-state index contributed by atoms with van der Waals surface area (Å²) in [6.07, 6.45) is 0. The Kier molecular flexibility index (Phi) is 5.36. The third-order valence-electron chi connectivity index (χ3n) is 8.50. The van der Waals surface area contributed by atoms with E-state index in [4.69, 9.17) is 19.9 Å².